The van der Waals surface area contributed by atoms with E-state index in [9.17, 15) is 13.2 Å². The van der Waals surface area contributed by atoms with Crippen molar-refractivity contribution in [3.05, 3.63) is 57.6 Å². The Morgan fingerprint density at radius 3 is 2.73 bits per heavy atom. The Morgan fingerprint density at radius 1 is 1.17 bits per heavy atom. The fourth-order valence-electron chi connectivity index (χ4n) is 3.85. The summed E-state index contributed by atoms with van der Waals surface area (Å²) in [6, 6.07) is 10.1. The summed E-state index contributed by atoms with van der Waals surface area (Å²) in [4.78, 5) is 16.5. The zero-order valence-corrected chi connectivity index (χ0v) is 18.8. The zero-order valence-electron chi connectivity index (χ0n) is 16.4. The zero-order chi connectivity index (χ0) is 21.5. The molecule has 1 amide bonds. The van der Waals surface area contributed by atoms with Gasteiger partial charge < -0.3 is 9.80 Å². The number of hydrogen-bond donors (Lipinski definition) is 0. The van der Waals surface area contributed by atoms with E-state index in [0.29, 0.717) is 36.1 Å². The normalized spacial score (nSPS) is 17.4. The number of carbonyl (C=O) groups excluding carboxylic acids is 1. The Kier molecular flexibility index (Phi) is 5.79. The lowest BCUT2D eigenvalue weighted by atomic mass is 10.1. The van der Waals surface area contributed by atoms with Gasteiger partial charge in [-0.1, -0.05) is 41.8 Å². The molecule has 2 heterocycles. The van der Waals surface area contributed by atoms with Gasteiger partial charge in [-0.3, -0.25) is 4.79 Å². The van der Waals surface area contributed by atoms with E-state index in [1.807, 2.05) is 17.0 Å². The quantitative estimate of drug-likeness (QED) is 0.655. The molecule has 30 heavy (non-hydrogen) atoms. The lowest BCUT2D eigenvalue weighted by molar-refractivity contribution is 0.0785. The number of hydrogen-bond acceptors (Lipinski definition) is 4. The monoisotopic (exact) mass is 465 g/mol. The molecule has 2 aromatic rings. The van der Waals surface area contributed by atoms with Crippen LogP contribution in [-0.4, -0.2) is 38.7 Å². The van der Waals surface area contributed by atoms with Crippen molar-refractivity contribution < 1.29 is 13.2 Å². The van der Waals surface area contributed by atoms with Gasteiger partial charge >= 0.3 is 0 Å². The SMILES string of the molecule is CN(Cc1cccc(Cl)c1)C(=O)c1cc2c(cc1Cl)N1CCCCCC1=NS2(=O)=O. The molecule has 2 aromatic carbocycles. The number of fused-ring (bicyclic) bond motifs is 3. The van der Waals surface area contributed by atoms with Crippen LogP contribution < -0.4 is 4.90 Å². The lowest BCUT2D eigenvalue weighted by Crippen LogP contribution is -2.35. The van der Waals surface area contributed by atoms with Crippen molar-refractivity contribution in [2.75, 3.05) is 18.5 Å². The molecule has 2 aliphatic rings. The van der Waals surface area contributed by atoms with Crippen LogP contribution in [0.4, 0.5) is 5.69 Å². The van der Waals surface area contributed by atoms with Crippen LogP contribution >= 0.6 is 23.2 Å². The van der Waals surface area contributed by atoms with Crippen LogP contribution in [-0.2, 0) is 16.6 Å². The van der Waals surface area contributed by atoms with Gasteiger partial charge in [0.1, 0.15) is 10.7 Å². The van der Waals surface area contributed by atoms with E-state index in [2.05, 4.69) is 4.40 Å². The molecule has 0 saturated carbocycles. The maximum atomic E-state index is 13.1. The van der Waals surface area contributed by atoms with Gasteiger partial charge in [-0.25, -0.2) is 0 Å². The fraction of sp³-hybridized carbons (Fsp3) is 0.333. The average molecular weight is 466 g/mol. The highest BCUT2D eigenvalue weighted by molar-refractivity contribution is 7.90. The standard InChI is InChI=1S/C21H21Cl2N3O3S/c1-25(13-14-6-5-7-15(22)10-14)21(27)16-11-19-18(12-17(16)23)26-9-4-2-3-8-20(26)24-30(19,28)29/h5-7,10-12H,2-4,8-9,13H2,1H3. The molecule has 158 valence electrons. The molecular formula is C21H21Cl2N3O3S. The van der Waals surface area contributed by atoms with Crippen molar-refractivity contribution in [3.8, 4) is 0 Å². The Hall–Kier alpha value is -2.09. The maximum absolute atomic E-state index is 13.1. The van der Waals surface area contributed by atoms with Crippen molar-refractivity contribution in [1.29, 1.82) is 0 Å². The summed E-state index contributed by atoms with van der Waals surface area (Å²) in [6.45, 7) is 0.994. The van der Waals surface area contributed by atoms with Crippen LogP contribution in [0.15, 0.2) is 45.7 Å². The molecule has 2 aliphatic heterocycles. The molecule has 0 aromatic heterocycles. The van der Waals surface area contributed by atoms with E-state index < -0.39 is 10.0 Å². The van der Waals surface area contributed by atoms with E-state index in [4.69, 9.17) is 23.2 Å². The first-order valence-electron chi connectivity index (χ1n) is 9.71. The van der Waals surface area contributed by atoms with Crippen LogP contribution in [0.5, 0.6) is 0 Å². The molecule has 1 fully saturated rings. The molecule has 0 spiro atoms. The first kappa shape index (κ1) is 21.2. The highest BCUT2D eigenvalue weighted by Crippen LogP contribution is 2.38. The highest BCUT2D eigenvalue weighted by Gasteiger charge is 2.33. The Morgan fingerprint density at radius 2 is 1.97 bits per heavy atom. The van der Waals surface area contributed by atoms with Gasteiger partial charge in [0.05, 0.1) is 16.3 Å². The molecule has 0 radical (unpaired) electrons. The second-order valence-electron chi connectivity index (χ2n) is 7.54. The van der Waals surface area contributed by atoms with Crippen molar-refractivity contribution in [2.24, 2.45) is 4.40 Å². The number of nitrogens with zero attached hydrogens (tertiary/aromatic N) is 3. The van der Waals surface area contributed by atoms with Gasteiger partial charge in [-0.2, -0.15) is 8.42 Å². The number of amidine groups is 1. The summed E-state index contributed by atoms with van der Waals surface area (Å²) in [5, 5.41) is 0.801. The number of halogens is 2. The van der Waals surface area contributed by atoms with Gasteiger partial charge in [0.15, 0.2) is 0 Å². The van der Waals surface area contributed by atoms with E-state index in [-0.39, 0.29) is 21.4 Å². The maximum Gasteiger partial charge on any atom is 0.286 e. The van der Waals surface area contributed by atoms with Crippen molar-refractivity contribution in [3.63, 3.8) is 0 Å². The van der Waals surface area contributed by atoms with Crippen molar-refractivity contribution in [1.82, 2.24) is 4.90 Å². The van der Waals surface area contributed by atoms with Gasteiger partial charge in [-0.05, 0) is 42.7 Å². The molecule has 9 heteroatoms. The highest BCUT2D eigenvalue weighted by atomic mass is 35.5. The third-order valence-electron chi connectivity index (χ3n) is 5.32. The fourth-order valence-corrected chi connectivity index (χ4v) is 5.56. The van der Waals surface area contributed by atoms with E-state index in [0.717, 1.165) is 24.8 Å². The summed E-state index contributed by atoms with van der Waals surface area (Å²) >= 11 is 12.5. The summed E-state index contributed by atoms with van der Waals surface area (Å²) < 4.78 is 29.7. The second-order valence-corrected chi connectivity index (χ2v) is 9.95. The molecule has 0 N–H and O–H groups in total. The lowest BCUT2D eigenvalue weighted by Gasteiger charge is -2.30. The minimum Gasteiger partial charge on any atom is -0.337 e. The average Bonchev–Trinajstić information content (AvgIpc) is 2.92. The molecule has 0 bridgehead atoms. The first-order valence-corrected chi connectivity index (χ1v) is 11.9. The number of carbonyl (C=O) groups is 1. The Balaban J connectivity index is 1.69. The minimum atomic E-state index is -3.89. The molecular weight excluding hydrogens is 445 g/mol. The Bertz CT molecular complexity index is 1150. The number of amides is 1. The van der Waals surface area contributed by atoms with E-state index in [1.165, 1.54) is 11.0 Å². The van der Waals surface area contributed by atoms with Crippen molar-refractivity contribution >= 4 is 50.7 Å². The smallest absolute Gasteiger partial charge is 0.286 e. The molecule has 0 aliphatic carbocycles. The second kappa shape index (κ2) is 8.21. The van der Waals surface area contributed by atoms with Crippen LogP contribution in [0.25, 0.3) is 0 Å². The van der Waals surface area contributed by atoms with Gasteiger partial charge in [-0.15, -0.1) is 4.40 Å². The summed E-state index contributed by atoms with van der Waals surface area (Å²) in [6.07, 6.45) is 3.47. The third-order valence-corrected chi connectivity index (χ3v) is 7.20. The topological polar surface area (TPSA) is 70.1 Å². The number of anilines is 1. The van der Waals surface area contributed by atoms with Crippen LogP contribution in [0, 0.1) is 0 Å². The molecule has 4 rings (SSSR count). The molecule has 6 nitrogen and oxygen atoms in total. The van der Waals surface area contributed by atoms with Gasteiger partial charge in [0.2, 0.25) is 0 Å². The van der Waals surface area contributed by atoms with Crippen LogP contribution in [0.1, 0.15) is 41.6 Å². The predicted octanol–water partition coefficient (Wildman–Crippen LogP) is 4.75. The Labute approximate surface area is 186 Å². The van der Waals surface area contributed by atoms with Crippen LogP contribution in [0.3, 0.4) is 0 Å². The van der Waals surface area contributed by atoms with E-state index >= 15 is 0 Å². The summed E-state index contributed by atoms with van der Waals surface area (Å²) in [5.74, 6) is 0.178. The molecule has 1 saturated heterocycles. The largest absolute Gasteiger partial charge is 0.337 e. The van der Waals surface area contributed by atoms with Gasteiger partial charge in [0, 0.05) is 31.6 Å². The number of benzene rings is 2. The molecule has 0 atom stereocenters. The minimum absolute atomic E-state index is 0.0251. The third kappa shape index (κ3) is 4.06. The van der Waals surface area contributed by atoms with Crippen LogP contribution in [0.2, 0.25) is 10.0 Å². The molecule has 0 unspecified atom stereocenters. The van der Waals surface area contributed by atoms with Crippen molar-refractivity contribution in [2.45, 2.75) is 37.1 Å². The van der Waals surface area contributed by atoms with Gasteiger partial charge in [0.25, 0.3) is 15.9 Å². The summed E-state index contributed by atoms with van der Waals surface area (Å²) in [5.41, 5.74) is 1.50. The first-order chi connectivity index (χ1) is 14.3. The number of rotatable bonds is 3. The van der Waals surface area contributed by atoms with E-state index in [1.54, 1.807) is 25.2 Å². The predicted molar refractivity (Wildman–Crippen MR) is 119 cm³/mol. The number of sulfonamides is 1. The summed E-state index contributed by atoms with van der Waals surface area (Å²) in [7, 11) is -2.25.